The van der Waals surface area contributed by atoms with E-state index in [0.29, 0.717) is 31.6 Å². The molecule has 0 fully saturated rings. The van der Waals surface area contributed by atoms with Gasteiger partial charge in [0.2, 0.25) is 0 Å². The average molecular weight is 305 g/mol. The SMILES string of the molecule is CCOC(=O)[C@H](CCCN=C(N)N)CC(=O)c1ccccc1. The van der Waals surface area contributed by atoms with Gasteiger partial charge in [0.1, 0.15) is 0 Å². The van der Waals surface area contributed by atoms with Crippen LogP contribution in [0.25, 0.3) is 0 Å². The predicted octanol–water partition coefficient (Wildman–Crippen LogP) is 1.49. The number of nitrogens with two attached hydrogens (primary N) is 2. The third-order valence-electron chi connectivity index (χ3n) is 3.15. The lowest BCUT2D eigenvalue weighted by Gasteiger charge is -2.14. The zero-order valence-corrected chi connectivity index (χ0v) is 12.8. The van der Waals surface area contributed by atoms with E-state index in [0.717, 1.165) is 0 Å². The number of esters is 1. The molecule has 22 heavy (non-hydrogen) atoms. The summed E-state index contributed by atoms with van der Waals surface area (Å²) in [4.78, 5) is 28.1. The van der Waals surface area contributed by atoms with Gasteiger partial charge in [-0.15, -0.1) is 0 Å². The monoisotopic (exact) mass is 305 g/mol. The maximum Gasteiger partial charge on any atom is 0.309 e. The first kappa shape index (κ1) is 17.7. The van der Waals surface area contributed by atoms with Crippen LogP contribution in [0.1, 0.15) is 36.5 Å². The highest BCUT2D eigenvalue weighted by molar-refractivity contribution is 5.98. The molecule has 0 amide bonds. The summed E-state index contributed by atoms with van der Waals surface area (Å²) in [6.07, 6.45) is 1.25. The fourth-order valence-corrected chi connectivity index (χ4v) is 2.07. The van der Waals surface area contributed by atoms with Crippen LogP contribution in [0.4, 0.5) is 0 Å². The molecule has 0 radical (unpaired) electrons. The molecule has 0 spiro atoms. The van der Waals surface area contributed by atoms with E-state index in [2.05, 4.69) is 4.99 Å². The summed E-state index contributed by atoms with van der Waals surface area (Å²) in [5, 5.41) is 0. The van der Waals surface area contributed by atoms with E-state index in [9.17, 15) is 9.59 Å². The number of Topliss-reactive ketones (excluding diaryl/α,β-unsaturated/α-hetero) is 1. The van der Waals surface area contributed by atoms with Crippen molar-refractivity contribution in [1.82, 2.24) is 0 Å². The third kappa shape index (κ3) is 6.39. The fraction of sp³-hybridized carbons (Fsp3) is 0.438. The summed E-state index contributed by atoms with van der Waals surface area (Å²) in [6, 6.07) is 8.92. The summed E-state index contributed by atoms with van der Waals surface area (Å²) in [6.45, 7) is 2.47. The van der Waals surface area contributed by atoms with E-state index in [-0.39, 0.29) is 24.1 Å². The van der Waals surface area contributed by atoms with Gasteiger partial charge < -0.3 is 16.2 Å². The molecule has 0 bridgehead atoms. The molecule has 0 unspecified atom stereocenters. The Kier molecular flexibility index (Phi) is 7.67. The lowest BCUT2D eigenvalue weighted by molar-refractivity contribution is -0.148. The number of ketones is 1. The number of ether oxygens (including phenoxy) is 1. The van der Waals surface area contributed by atoms with E-state index >= 15 is 0 Å². The van der Waals surface area contributed by atoms with Gasteiger partial charge in [-0.1, -0.05) is 30.3 Å². The van der Waals surface area contributed by atoms with Crippen molar-refractivity contribution in [3.05, 3.63) is 35.9 Å². The summed E-state index contributed by atoms with van der Waals surface area (Å²) in [5.74, 6) is -0.869. The lowest BCUT2D eigenvalue weighted by Crippen LogP contribution is -2.24. The van der Waals surface area contributed by atoms with Gasteiger partial charge >= 0.3 is 5.97 Å². The number of aliphatic imine (C=N–C) groups is 1. The first-order valence-corrected chi connectivity index (χ1v) is 7.34. The van der Waals surface area contributed by atoms with E-state index < -0.39 is 5.92 Å². The van der Waals surface area contributed by atoms with Crippen molar-refractivity contribution in [2.24, 2.45) is 22.4 Å². The fourth-order valence-electron chi connectivity index (χ4n) is 2.07. The Hall–Kier alpha value is -2.37. The molecule has 1 atom stereocenters. The van der Waals surface area contributed by atoms with E-state index in [1.165, 1.54) is 0 Å². The molecular formula is C16H23N3O3. The van der Waals surface area contributed by atoms with Crippen molar-refractivity contribution in [3.8, 4) is 0 Å². The van der Waals surface area contributed by atoms with Crippen LogP contribution in [0.2, 0.25) is 0 Å². The van der Waals surface area contributed by atoms with Crippen LogP contribution in [0.15, 0.2) is 35.3 Å². The number of hydrogen-bond donors (Lipinski definition) is 2. The Bertz CT molecular complexity index is 511. The first-order valence-electron chi connectivity index (χ1n) is 7.34. The smallest absolute Gasteiger partial charge is 0.309 e. The van der Waals surface area contributed by atoms with Crippen LogP contribution in [-0.4, -0.2) is 30.9 Å². The molecule has 0 heterocycles. The highest BCUT2D eigenvalue weighted by Crippen LogP contribution is 2.17. The second-order valence-corrected chi connectivity index (χ2v) is 4.89. The third-order valence-corrected chi connectivity index (χ3v) is 3.15. The molecule has 0 saturated heterocycles. The Morgan fingerprint density at radius 2 is 1.91 bits per heavy atom. The Labute approximate surface area is 130 Å². The van der Waals surface area contributed by atoms with Gasteiger partial charge in [-0.2, -0.15) is 0 Å². The summed E-state index contributed by atoms with van der Waals surface area (Å²) in [5.41, 5.74) is 11.1. The molecule has 0 aliphatic carbocycles. The molecule has 1 aromatic rings. The molecule has 4 N–H and O–H groups in total. The van der Waals surface area contributed by atoms with E-state index in [4.69, 9.17) is 16.2 Å². The van der Waals surface area contributed by atoms with Crippen molar-refractivity contribution in [3.63, 3.8) is 0 Å². The number of benzene rings is 1. The van der Waals surface area contributed by atoms with Crippen molar-refractivity contribution in [1.29, 1.82) is 0 Å². The normalized spacial score (nSPS) is 11.5. The Morgan fingerprint density at radius 1 is 1.23 bits per heavy atom. The molecule has 0 aromatic heterocycles. The van der Waals surface area contributed by atoms with Gasteiger partial charge in [-0.25, -0.2) is 0 Å². The minimum absolute atomic E-state index is 0.0213. The minimum atomic E-state index is -0.471. The standard InChI is InChI=1S/C16H23N3O3/c1-2-22-15(21)13(9-6-10-19-16(17)18)11-14(20)12-7-4-3-5-8-12/h3-5,7-8,13H,2,6,9-11H2,1H3,(H4,17,18,19)/t13-/m1/s1. The Morgan fingerprint density at radius 3 is 2.50 bits per heavy atom. The predicted molar refractivity (Wildman–Crippen MR) is 85.4 cm³/mol. The van der Waals surface area contributed by atoms with E-state index in [1.54, 1.807) is 31.2 Å². The van der Waals surface area contributed by atoms with Crippen LogP contribution in [0, 0.1) is 5.92 Å². The summed E-state index contributed by atoms with van der Waals surface area (Å²) < 4.78 is 5.04. The van der Waals surface area contributed by atoms with Crippen LogP contribution in [-0.2, 0) is 9.53 Å². The van der Waals surface area contributed by atoms with Crippen LogP contribution in [0.5, 0.6) is 0 Å². The Balaban J connectivity index is 2.63. The quantitative estimate of drug-likeness (QED) is 0.236. The number of carbonyl (C=O) groups is 2. The molecule has 0 saturated carbocycles. The summed E-state index contributed by atoms with van der Waals surface area (Å²) >= 11 is 0. The lowest BCUT2D eigenvalue weighted by atomic mass is 9.94. The molecule has 1 aromatic carbocycles. The number of carbonyl (C=O) groups excluding carboxylic acids is 2. The molecule has 0 aliphatic rings. The van der Waals surface area contributed by atoms with Crippen LogP contribution >= 0.6 is 0 Å². The molecular weight excluding hydrogens is 282 g/mol. The summed E-state index contributed by atoms with van der Waals surface area (Å²) in [7, 11) is 0. The molecule has 6 nitrogen and oxygen atoms in total. The van der Waals surface area contributed by atoms with Crippen LogP contribution in [0.3, 0.4) is 0 Å². The van der Waals surface area contributed by atoms with Crippen molar-refractivity contribution < 1.29 is 14.3 Å². The number of hydrogen-bond acceptors (Lipinski definition) is 4. The van der Waals surface area contributed by atoms with Crippen molar-refractivity contribution in [2.75, 3.05) is 13.2 Å². The maximum atomic E-state index is 12.2. The minimum Gasteiger partial charge on any atom is -0.466 e. The number of rotatable bonds is 9. The molecule has 6 heteroatoms. The largest absolute Gasteiger partial charge is 0.466 e. The topological polar surface area (TPSA) is 108 Å². The number of guanidine groups is 1. The van der Waals surface area contributed by atoms with Gasteiger partial charge in [0.15, 0.2) is 11.7 Å². The van der Waals surface area contributed by atoms with Gasteiger partial charge in [0, 0.05) is 18.5 Å². The zero-order valence-electron chi connectivity index (χ0n) is 12.8. The van der Waals surface area contributed by atoms with Crippen molar-refractivity contribution >= 4 is 17.7 Å². The zero-order chi connectivity index (χ0) is 16.4. The highest BCUT2D eigenvalue weighted by Gasteiger charge is 2.23. The molecule has 120 valence electrons. The van der Waals surface area contributed by atoms with Gasteiger partial charge in [-0.3, -0.25) is 14.6 Å². The van der Waals surface area contributed by atoms with Gasteiger partial charge in [-0.05, 0) is 19.8 Å². The second-order valence-electron chi connectivity index (χ2n) is 4.89. The van der Waals surface area contributed by atoms with Gasteiger partial charge in [0.25, 0.3) is 0 Å². The van der Waals surface area contributed by atoms with Gasteiger partial charge in [0.05, 0.1) is 12.5 Å². The second kappa shape index (κ2) is 9.55. The molecule has 0 aliphatic heterocycles. The molecule has 1 rings (SSSR count). The maximum absolute atomic E-state index is 12.2. The number of nitrogens with zero attached hydrogens (tertiary/aromatic N) is 1. The highest BCUT2D eigenvalue weighted by atomic mass is 16.5. The van der Waals surface area contributed by atoms with Crippen LogP contribution < -0.4 is 11.5 Å². The first-order chi connectivity index (χ1) is 10.5. The average Bonchev–Trinajstić information content (AvgIpc) is 2.51. The van der Waals surface area contributed by atoms with Crippen molar-refractivity contribution in [2.45, 2.75) is 26.2 Å². The van der Waals surface area contributed by atoms with E-state index in [1.807, 2.05) is 6.07 Å².